The number of anilines is 2. The van der Waals surface area contributed by atoms with E-state index in [0.29, 0.717) is 17.7 Å². The van der Waals surface area contributed by atoms with Gasteiger partial charge in [0.05, 0.1) is 30.9 Å². The highest BCUT2D eigenvalue weighted by Gasteiger charge is 2.38. The summed E-state index contributed by atoms with van der Waals surface area (Å²) >= 11 is 0. The highest BCUT2D eigenvalue weighted by Crippen LogP contribution is 2.37. The lowest BCUT2D eigenvalue weighted by atomic mass is 10.1. The molecule has 138 valence electrons. The van der Waals surface area contributed by atoms with Gasteiger partial charge in [-0.1, -0.05) is 12.1 Å². The number of methoxy groups -OCH3 is 1. The second-order valence-electron chi connectivity index (χ2n) is 6.39. The zero-order chi connectivity index (χ0) is 19.5. The van der Waals surface area contributed by atoms with Crippen LogP contribution in [-0.2, 0) is 6.42 Å². The smallest absolute Gasteiger partial charge is 0.262 e. The Labute approximate surface area is 163 Å². The summed E-state index contributed by atoms with van der Waals surface area (Å²) in [7, 11) is 1.61. The number of aromatic nitrogens is 1. The molecule has 4 rings (SSSR count). The number of nitrogens with zero attached hydrogens (tertiary/aromatic N) is 3. The van der Waals surface area contributed by atoms with Crippen LogP contribution in [0.2, 0.25) is 0 Å². The summed E-state index contributed by atoms with van der Waals surface area (Å²) in [5.41, 5.74) is 3.81. The minimum atomic E-state index is -0.432. The fourth-order valence-electron chi connectivity index (χ4n) is 3.30. The van der Waals surface area contributed by atoms with E-state index in [1.807, 2.05) is 48.5 Å². The van der Waals surface area contributed by atoms with E-state index >= 15 is 0 Å². The monoisotopic (exact) mass is 370 g/mol. The number of hydrogen-bond acceptors (Lipinski definition) is 5. The van der Waals surface area contributed by atoms with E-state index in [0.717, 1.165) is 22.7 Å². The predicted octanol–water partition coefficient (Wildman–Crippen LogP) is 3.93. The molecule has 1 amide bonds. The van der Waals surface area contributed by atoms with E-state index in [9.17, 15) is 4.79 Å². The number of nitrogens with one attached hydrogen (secondary N) is 1. The van der Waals surface area contributed by atoms with Crippen LogP contribution in [0.3, 0.4) is 0 Å². The predicted molar refractivity (Wildman–Crippen MR) is 106 cm³/mol. The first-order valence-corrected chi connectivity index (χ1v) is 8.86. The summed E-state index contributed by atoms with van der Waals surface area (Å²) in [5, 5.41) is 12.2. The molecule has 1 N–H and O–H groups in total. The van der Waals surface area contributed by atoms with Crippen LogP contribution in [0.15, 0.2) is 66.9 Å². The van der Waals surface area contributed by atoms with Crippen molar-refractivity contribution < 1.29 is 9.53 Å². The summed E-state index contributed by atoms with van der Waals surface area (Å²) in [4.78, 5) is 19.2. The first-order valence-electron chi connectivity index (χ1n) is 8.86. The molecule has 3 aromatic rings. The van der Waals surface area contributed by atoms with E-state index < -0.39 is 6.17 Å². The first-order chi connectivity index (χ1) is 13.7. The number of benzene rings is 2. The molecule has 2 heterocycles. The number of ether oxygens (including phenoxy) is 1. The summed E-state index contributed by atoms with van der Waals surface area (Å²) in [6.07, 6.45) is 1.62. The third kappa shape index (κ3) is 3.14. The summed E-state index contributed by atoms with van der Waals surface area (Å²) < 4.78 is 5.22. The quantitative estimate of drug-likeness (QED) is 0.736. The second-order valence-corrected chi connectivity index (χ2v) is 6.39. The highest BCUT2D eigenvalue weighted by molar-refractivity contribution is 6.11. The van der Waals surface area contributed by atoms with Gasteiger partial charge in [0.25, 0.3) is 5.91 Å². The van der Waals surface area contributed by atoms with Crippen LogP contribution in [0.25, 0.3) is 0 Å². The summed E-state index contributed by atoms with van der Waals surface area (Å²) in [6, 6.07) is 20.7. The van der Waals surface area contributed by atoms with Gasteiger partial charge in [-0.15, -0.1) is 0 Å². The Morgan fingerprint density at radius 1 is 1.14 bits per heavy atom. The molecular weight excluding hydrogens is 352 g/mol. The molecule has 0 aliphatic carbocycles. The zero-order valence-corrected chi connectivity index (χ0v) is 15.3. The SMILES string of the molecule is COc1ccc(N2C(=O)c3cccnc3[C@@H]2Nc2ccc(CC#N)cc2)cc1. The fourth-order valence-corrected chi connectivity index (χ4v) is 3.30. The molecule has 0 fully saturated rings. The number of fused-ring (bicyclic) bond motifs is 1. The second kappa shape index (κ2) is 7.41. The van der Waals surface area contributed by atoms with Crippen molar-refractivity contribution in [1.29, 1.82) is 5.26 Å². The van der Waals surface area contributed by atoms with Crippen LogP contribution in [-0.4, -0.2) is 18.0 Å². The van der Waals surface area contributed by atoms with Gasteiger partial charge >= 0.3 is 0 Å². The topological polar surface area (TPSA) is 78.2 Å². The number of amides is 1. The molecule has 0 saturated heterocycles. The van der Waals surface area contributed by atoms with Crippen LogP contribution in [0.1, 0.15) is 27.8 Å². The molecule has 6 nitrogen and oxygen atoms in total. The maximum atomic E-state index is 13.1. The molecular formula is C22H18N4O2. The van der Waals surface area contributed by atoms with Crippen molar-refractivity contribution in [3.63, 3.8) is 0 Å². The van der Waals surface area contributed by atoms with E-state index in [-0.39, 0.29) is 5.91 Å². The van der Waals surface area contributed by atoms with E-state index in [1.54, 1.807) is 30.3 Å². The Balaban J connectivity index is 1.70. The van der Waals surface area contributed by atoms with Crippen molar-refractivity contribution in [1.82, 2.24) is 4.98 Å². The Hall–Kier alpha value is -3.85. The highest BCUT2D eigenvalue weighted by atomic mass is 16.5. The minimum absolute atomic E-state index is 0.105. The molecule has 2 aromatic carbocycles. The number of carbonyl (C=O) groups is 1. The van der Waals surface area contributed by atoms with Gasteiger partial charge in [0.1, 0.15) is 5.75 Å². The Bertz CT molecular complexity index is 1040. The lowest BCUT2D eigenvalue weighted by Gasteiger charge is -2.26. The molecule has 1 aliphatic rings. The minimum Gasteiger partial charge on any atom is -0.497 e. The van der Waals surface area contributed by atoms with Crippen molar-refractivity contribution in [2.24, 2.45) is 0 Å². The molecule has 6 heteroatoms. The number of nitriles is 1. The van der Waals surface area contributed by atoms with Crippen LogP contribution in [0.5, 0.6) is 5.75 Å². The Morgan fingerprint density at radius 2 is 1.89 bits per heavy atom. The summed E-state index contributed by atoms with van der Waals surface area (Å²) in [6.45, 7) is 0. The molecule has 1 aromatic heterocycles. The fraction of sp³-hybridized carbons (Fsp3) is 0.136. The Kier molecular flexibility index (Phi) is 4.65. The van der Waals surface area contributed by atoms with Crippen molar-refractivity contribution in [2.45, 2.75) is 12.6 Å². The van der Waals surface area contributed by atoms with Crippen LogP contribution < -0.4 is 15.0 Å². The largest absolute Gasteiger partial charge is 0.497 e. The zero-order valence-electron chi connectivity index (χ0n) is 15.3. The third-order valence-electron chi connectivity index (χ3n) is 4.70. The maximum absolute atomic E-state index is 13.1. The lowest BCUT2D eigenvalue weighted by Crippen LogP contribution is -2.32. The number of carbonyl (C=O) groups excluding carboxylic acids is 1. The van der Waals surface area contributed by atoms with Crippen molar-refractivity contribution in [3.05, 3.63) is 83.7 Å². The standard InChI is InChI=1S/C22H18N4O2/c1-28-18-10-8-17(9-11-18)26-21(20-19(22(26)27)3-2-14-24-20)25-16-6-4-15(5-7-16)12-13-23/h2-11,14,21,25H,12H2,1H3/t21-/m1/s1. The number of pyridine rings is 1. The van der Waals surface area contributed by atoms with Gasteiger partial charge in [0, 0.05) is 17.6 Å². The summed E-state index contributed by atoms with van der Waals surface area (Å²) in [5.74, 6) is 0.621. The molecule has 1 aliphatic heterocycles. The number of hydrogen-bond donors (Lipinski definition) is 1. The molecule has 28 heavy (non-hydrogen) atoms. The van der Waals surface area contributed by atoms with Crippen molar-refractivity contribution in [2.75, 3.05) is 17.3 Å². The Morgan fingerprint density at radius 3 is 2.57 bits per heavy atom. The van der Waals surface area contributed by atoms with E-state index in [2.05, 4.69) is 16.4 Å². The van der Waals surface area contributed by atoms with Crippen molar-refractivity contribution >= 4 is 17.3 Å². The van der Waals surface area contributed by atoms with Gasteiger partial charge < -0.3 is 10.1 Å². The third-order valence-corrected chi connectivity index (χ3v) is 4.70. The van der Waals surface area contributed by atoms with E-state index in [4.69, 9.17) is 10.00 Å². The first kappa shape index (κ1) is 17.6. The van der Waals surface area contributed by atoms with Gasteiger partial charge in [-0.3, -0.25) is 14.7 Å². The molecule has 0 bridgehead atoms. The molecule has 1 atom stereocenters. The average Bonchev–Trinajstić information content (AvgIpc) is 3.02. The van der Waals surface area contributed by atoms with Gasteiger partial charge in [-0.2, -0.15) is 5.26 Å². The van der Waals surface area contributed by atoms with Gasteiger partial charge in [0.2, 0.25) is 0 Å². The van der Waals surface area contributed by atoms with Gasteiger partial charge in [-0.25, -0.2) is 0 Å². The van der Waals surface area contributed by atoms with E-state index in [1.165, 1.54) is 0 Å². The number of rotatable bonds is 5. The van der Waals surface area contributed by atoms with Crippen LogP contribution in [0, 0.1) is 11.3 Å². The van der Waals surface area contributed by atoms with Gasteiger partial charge in [-0.05, 0) is 54.1 Å². The van der Waals surface area contributed by atoms with Crippen LogP contribution in [0.4, 0.5) is 11.4 Å². The lowest BCUT2D eigenvalue weighted by molar-refractivity contribution is 0.0993. The normalized spacial score (nSPS) is 15.1. The molecule has 0 saturated carbocycles. The molecule has 0 unspecified atom stereocenters. The molecule has 0 radical (unpaired) electrons. The van der Waals surface area contributed by atoms with Crippen LogP contribution >= 0.6 is 0 Å². The maximum Gasteiger partial charge on any atom is 0.262 e. The average molecular weight is 370 g/mol. The van der Waals surface area contributed by atoms with Crippen molar-refractivity contribution in [3.8, 4) is 11.8 Å². The van der Waals surface area contributed by atoms with Gasteiger partial charge in [0.15, 0.2) is 6.17 Å². The molecule has 0 spiro atoms.